The largest absolute Gasteiger partial charge is 0.372 e. The Morgan fingerprint density at radius 1 is 1.07 bits per heavy atom. The Kier molecular flexibility index (Phi) is 3.14. The monoisotopic (exact) mass is 209 g/mol. The molecular weight excluding hydrogens is 192 g/mol. The van der Waals surface area contributed by atoms with Crippen LogP contribution in [0.15, 0.2) is 23.1 Å². The molecule has 76 valence electrons. The van der Waals surface area contributed by atoms with E-state index in [0.717, 1.165) is 13.2 Å². The second-order valence-electron chi connectivity index (χ2n) is 3.76. The zero-order valence-corrected chi connectivity index (χ0v) is 9.69. The first-order chi connectivity index (χ1) is 6.77. The van der Waals surface area contributed by atoms with Gasteiger partial charge in [0.15, 0.2) is 4.90 Å². The Balaban J connectivity index is 2.18. The predicted molar refractivity (Wildman–Crippen MR) is 62.1 cm³/mol. The molecule has 1 heterocycles. The van der Waals surface area contributed by atoms with Gasteiger partial charge < -0.3 is 4.74 Å². The second kappa shape index (κ2) is 4.37. The van der Waals surface area contributed by atoms with Crippen molar-refractivity contribution in [3.63, 3.8) is 0 Å². The molecule has 1 aromatic rings. The molecule has 0 atom stereocenters. The van der Waals surface area contributed by atoms with Crippen molar-refractivity contribution in [2.24, 2.45) is 0 Å². The molecule has 1 aliphatic heterocycles. The van der Waals surface area contributed by atoms with Crippen molar-refractivity contribution in [2.75, 3.05) is 24.7 Å². The highest BCUT2D eigenvalue weighted by atomic mass is 32.2. The molecule has 0 unspecified atom stereocenters. The minimum atomic E-state index is 0.448. The van der Waals surface area contributed by atoms with Crippen molar-refractivity contribution >= 4 is 10.9 Å². The predicted octanol–water partition coefficient (Wildman–Crippen LogP) is 2.31. The third-order valence-electron chi connectivity index (χ3n) is 2.76. The highest BCUT2D eigenvalue weighted by molar-refractivity contribution is 7.97. The van der Waals surface area contributed by atoms with Crippen LogP contribution in [0.1, 0.15) is 11.1 Å². The zero-order chi connectivity index (χ0) is 9.97. The van der Waals surface area contributed by atoms with Crippen LogP contribution in [-0.2, 0) is 15.6 Å². The lowest BCUT2D eigenvalue weighted by Crippen LogP contribution is -2.26. The van der Waals surface area contributed by atoms with E-state index in [2.05, 4.69) is 32.0 Å². The normalized spacial score (nSPS) is 18.4. The number of hydrogen-bond donors (Lipinski definition) is 0. The molecule has 2 heteroatoms. The molecule has 14 heavy (non-hydrogen) atoms. The van der Waals surface area contributed by atoms with Gasteiger partial charge in [-0.05, 0) is 37.1 Å². The van der Waals surface area contributed by atoms with Crippen LogP contribution in [0.4, 0.5) is 0 Å². The molecule has 2 rings (SSSR count). The first-order valence-corrected chi connectivity index (χ1v) is 6.66. The molecule has 1 aliphatic rings. The van der Waals surface area contributed by atoms with Gasteiger partial charge in [0.25, 0.3) is 0 Å². The minimum Gasteiger partial charge on any atom is -0.372 e. The summed E-state index contributed by atoms with van der Waals surface area (Å²) in [5, 5.41) is 0. The van der Waals surface area contributed by atoms with Crippen molar-refractivity contribution < 1.29 is 4.74 Å². The molecule has 0 spiro atoms. The third kappa shape index (κ3) is 2.12. The summed E-state index contributed by atoms with van der Waals surface area (Å²) >= 11 is 0. The molecule has 0 aromatic heterocycles. The first-order valence-electron chi connectivity index (χ1n) is 5.10. The molecule has 0 bridgehead atoms. The van der Waals surface area contributed by atoms with E-state index in [-0.39, 0.29) is 0 Å². The van der Waals surface area contributed by atoms with Gasteiger partial charge in [-0.15, -0.1) is 0 Å². The van der Waals surface area contributed by atoms with E-state index in [4.69, 9.17) is 4.74 Å². The molecule has 0 aliphatic carbocycles. The fourth-order valence-electron chi connectivity index (χ4n) is 1.65. The fraction of sp³-hybridized carbons (Fsp3) is 0.500. The lowest BCUT2D eigenvalue weighted by atomic mass is 10.1. The lowest BCUT2D eigenvalue weighted by molar-refractivity contribution is 0.159. The van der Waals surface area contributed by atoms with E-state index in [9.17, 15) is 0 Å². The van der Waals surface area contributed by atoms with Gasteiger partial charge in [0, 0.05) is 10.9 Å². The van der Waals surface area contributed by atoms with Crippen LogP contribution in [0.3, 0.4) is 0 Å². The van der Waals surface area contributed by atoms with Crippen LogP contribution in [-0.4, -0.2) is 24.7 Å². The number of hydrogen-bond acceptors (Lipinski definition) is 1. The summed E-state index contributed by atoms with van der Waals surface area (Å²) in [7, 11) is 0.448. The van der Waals surface area contributed by atoms with Crippen molar-refractivity contribution in [3.05, 3.63) is 29.3 Å². The Labute approximate surface area is 88.8 Å². The standard InChI is InChI=1S/C12H17OS/c1-10-3-4-12(9-11(10)2)14-7-5-13-6-8-14/h3-4,9H,5-8H2,1-2H3/q+1. The summed E-state index contributed by atoms with van der Waals surface area (Å²) in [5.41, 5.74) is 2.81. The van der Waals surface area contributed by atoms with Crippen molar-refractivity contribution in [1.29, 1.82) is 0 Å². The highest BCUT2D eigenvalue weighted by Gasteiger charge is 2.25. The topological polar surface area (TPSA) is 9.23 Å². The van der Waals surface area contributed by atoms with Crippen LogP contribution in [0.25, 0.3) is 0 Å². The summed E-state index contributed by atoms with van der Waals surface area (Å²) in [4.78, 5) is 1.52. The van der Waals surface area contributed by atoms with Crippen LogP contribution in [0.2, 0.25) is 0 Å². The Morgan fingerprint density at radius 3 is 2.43 bits per heavy atom. The Morgan fingerprint density at radius 2 is 1.79 bits per heavy atom. The number of rotatable bonds is 1. The number of aryl methyl sites for hydroxylation is 2. The summed E-state index contributed by atoms with van der Waals surface area (Å²) < 4.78 is 5.38. The van der Waals surface area contributed by atoms with E-state index in [1.165, 1.54) is 27.5 Å². The summed E-state index contributed by atoms with van der Waals surface area (Å²) in [5.74, 6) is 2.42. The Bertz CT molecular complexity index is 316. The van der Waals surface area contributed by atoms with E-state index in [1.54, 1.807) is 0 Å². The van der Waals surface area contributed by atoms with E-state index in [0.29, 0.717) is 10.9 Å². The Hall–Kier alpha value is -0.470. The molecule has 0 N–H and O–H groups in total. The van der Waals surface area contributed by atoms with Gasteiger partial charge in [0.1, 0.15) is 11.5 Å². The van der Waals surface area contributed by atoms with Gasteiger partial charge in [-0.25, -0.2) is 0 Å². The van der Waals surface area contributed by atoms with Gasteiger partial charge in [0.2, 0.25) is 0 Å². The molecule has 1 saturated heterocycles. The number of ether oxygens (including phenoxy) is 1. The SMILES string of the molecule is Cc1ccc([S+]2CCOCC2)cc1C. The maximum Gasteiger partial charge on any atom is 0.155 e. The van der Waals surface area contributed by atoms with Crippen molar-refractivity contribution in [1.82, 2.24) is 0 Å². The fourth-order valence-corrected chi connectivity index (χ4v) is 3.57. The summed E-state index contributed by atoms with van der Waals surface area (Å²) in [6, 6.07) is 6.88. The van der Waals surface area contributed by atoms with Crippen LogP contribution in [0, 0.1) is 13.8 Å². The van der Waals surface area contributed by atoms with Crippen molar-refractivity contribution in [3.8, 4) is 0 Å². The summed E-state index contributed by atoms with van der Waals surface area (Å²) in [6.07, 6.45) is 0. The van der Waals surface area contributed by atoms with Gasteiger partial charge in [0.05, 0.1) is 13.2 Å². The van der Waals surface area contributed by atoms with Crippen LogP contribution < -0.4 is 0 Å². The van der Waals surface area contributed by atoms with E-state index in [1.807, 2.05) is 0 Å². The average molecular weight is 209 g/mol. The lowest BCUT2D eigenvalue weighted by Gasteiger charge is -2.14. The second-order valence-corrected chi connectivity index (χ2v) is 6.03. The maximum atomic E-state index is 5.38. The van der Waals surface area contributed by atoms with Gasteiger partial charge in [-0.3, -0.25) is 0 Å². The maximum absolute atomic E-state index is 5.38. The van der Waals surface area contributed by atoms with Gasteiger partial charge >= 0.3 is 0 Å². The van der Waals surface area contributed by atoms with Gasteiger partial charge in [-0.1, -0.05) is 6.07 Å². The molecule has 1 nitrogen and oxygen atoms in total. The quantitative estimate of drug-likeness (QED) is 0.645. The first kappa shape index (κ1) is 10.1. The van der Waals surface area contributed by atoms with Crippen molar-refractivity contribution in [2.45, 2.75) is 18.7 Å². The molecular formula is C12H17OS+. The minimum absolute atomic E-state index is 0.448. The molecule has 0 radical (unpaired) electrons. The number of benzene rings is 1. The van der Waals surface area contributed by atoms with E-state index >= 15 is 0 Å². The summed E-state index contributed by atoms with van der Waals surface area (Å²) in [6.45, 7) is 6.25. The molecule has 1 aromatic carbocycles. The van der Waals surface area contributed by atoms with Crippen LogP contribution >= 0.6 is 0 Å². The molecule has 1 fully saturated rings. The highest BCUT2D eigenvalue weighted by Crippen LogP contribution is 2.19. The molecule has 0 saturated carbocycles. The smallest absolute Gasteiger partial charge is 0.155 e. The third-order valence-corrected chi connectivity index (χ3v) is 5.00. The van der Waals surface area contributed by atoms with Crippen LogP contribution in [0.5, 0.6) is 0 Å². The zero-order valence-electron chi connectivity index (χ0n) is 8.88. The van der Waals surface area contributed by atoms with E-state index < -0.39 is 0 Å². The molecule has 0 amide bonds. The average Bonchev–Trinajstić information content (AvgIpc) is 2.23. The van der Waals surface area contributed by atoms with Gasteiger partial charge in [-0.2, -0.15) is 0 Å².